The summed E-state index contributed by atoms with van der Waals surface area (Å²) in [7, 11) is 1.64. The number of hydrogen-bond donors (Lipinski definition) is 2. The summed E-state index contributed by atoms with van der Waals surface area (Å²) in [6.45, 7) is 6.88. The Kier molecular flexibility index (Phi) is 8.06. The van der Waals surface area contributed by atoms with Gasteiger partial charge in [-0.1, -0.05) is 30.3 Å². The average molecular weight is 441 g/mol. The largest absolute Gasteiger partial charge is 0.434 e. The smallest absolute Gasteiger partial charge is 0.355 e. The number of alkyl halides is 3. The number of aliphatic imine (C=N–C) groups is 1. The first-order valence-electron chi connectivity index (χ1n) is 9.89. The van der Waals surface area contributed by atoms with Crippen LogP contribution in [-0.2, 0) is 19.3 Å². The van der Waals surface area contributed by atoms with Crippen LogP contribution in [0.5, 0.6) is 0 Å². The molecule has 1 fully saturated rings. The van der Waals surface area contributed by atoms with Crippen molar-refractivity contribution in [3.8, 4) is 0 Å². The molecule has 1 saturated heterocycles. The van der Waals surface area contributed by atoms with E-state index in [1.54, 1.807) is 7.05 Å². The van der Waals surface area contributed by atoms with Gasteiger partial charge in [0, 0.05) is 58.2 Å². The molecule has 3 rings (SSSR count). The van der Waals surface area contributed by atoms with Crippen molar-refractivity contribution in [1.82, 2.24) is 25.4 Å². The van der Waals surface area contributed by atoms with E-state index in [4.69, 9.17) is 0 Å². The van der Waals surface area contributed by atoms with Crippen LogP contribution < -0.4 is 10.6 Å². The maximum atomic E-state index is 12.6. The highest BCUT2D eigenvalue weighted by molar-refractivity contribution is 7.09. The lowest BCUT2D eigenvalue weighted by Crippen LogP contribution is -2.48. The van der Waals surface area contributed by atoms with Crippen molar-refractivity contribution < 1.29 is 13.2 Å². The zero-order valence-corrected chi connectivity index (χ0v) is 17.8. The normalized spacial score (nSPS) is 16.6. The van der Waals surface area contributed by atoms with Gasteiger partial charge >= 0.3 is 6.18 Å². The van der Waals surface area contributed by atoms with E-state index in [1.165, 1.54) is 5.56 Å². The molecule has 10 heteroatoms. The van der Waals surface area contributed by atoms with Crippen LogP contribution in [0.4, 0.5) is 13.2 Å². The predicted molar refractivity (Wildman–Crippen MR) is 113 cm³/mol. The lowest BCUT2D eigenvalue weighted by Gasteiger charge is -2.34. The third-order valence-electron chi connectivity index (χ3n) is 4.91. The van der Waals surface area contributed by atoms with Gasteiger partial charge in [0.25, 0.3) is 0 Å². The molecule has 1 aromatic carbocycles. The molecular formula is C20H27F3N6S. The van der Waals surface area contributed by atoms with Crippen LogP contribution in [0.1, 0.15) is 16.3 Å². The maximum Gasteiger partial charge on any atom is 0.434 e. The molecule has 2 heterocycles. The van der Waals surface area contributed by atoms with Crippen molar-refractivity contribution in [3.05, 3.63) is 52.0 Å². The number of nitrogens with one attached hydrogen (secondary N) is 2. The molecule has 0 atom stereocenters. The molecule has 1 aromatic heterocycles. The minimum atomic E-state index is -4.40. The van der Waals surface area contributed by atoms with Gasteiger partial charge in [-0.15, -0.1) is 11.3 Å². The minimum absolute atomic E-state index is 0.207. The monoisotopic (exact) mass is 440 g/mol. The Morgan fingerprint density at radius 1 is 1.10 bits per heavy atom. The van der Waals surface area contributed by atoms with Crippen LogP contribution in [0, 0.1) is 0 Å². The Labute approximate surface area is 178 Å². The fourth-order valence-corrected chi connectivity index (χ4v) is 3.99. The standard InChI is InChI=1S/C20H27F3N6S/c1-24-19(26-13-18-27-17(15-30-18)20(21,22)23)25-7-8-28-9-11-29(12-10-28)14-16-5-3-2-4-6-16/h2-6,15H,7-14H2,1H3,(H2,24,25,26). The summed E-state index contributed by atoms with van der Waals surface area (Å²) in [5.41, 5.74) is 0.490. The molecule has 0 spiro atoms. The van der Waals surface area contributed by atoms with Crippen molar-refractivity contribution in [3.63, 3.8) is 0 Å². The summed E-state index contributed by atoms with van der Waals surface area (Å²) in [5, 5.41) is 7.64. The summed E-state index contributed by atoms with van der Waals surface area (Å²) < 4.78 is 37.9. The van der Waals surface area contributed by atoms with Crippen molar-refractivity contribution >= 4 is 17.3 Å². The van der Waals surface area contributed by atoms with Crippen LogP contribution in [0.3, 0.4) is 0 Å². The van der Waals surface area contributed by atoms with E-state index < -0.39 is 11.9 Å². The second kappa shape index (κ2) is 10.7. The number of guanidine groups is 1. The predicted octanol–water partition coefficient (Wildman–Crippen LogP) is 2.64. The lowest BCUT2D eigenvalue weighted by atomic mass is 10.2. The topological polar surface area (TPSA) is 55.8 Å². The number of halogens is 3. The van der Waals surface area contributed by atoms with Crippen molar-refractivity contribution in [1.29, 1.82) is 0 Å². The summed E-state index contributed by atoms with van der Waals surface area (Å²) in [5.74, 6) is 0.557. The molecule has 0 bridgehead atoms. The Morgan fingerprint density at radius 2 is 1.80 bits per heavy atom. The van der Waals surface area contributed by atoms with E-state index >= 15 is 0 Å². The van der Waals surface area contributed by atoms with Gasteiger partial charge in [0.1, 0.15) is 5.01 Å². The fraction of sp³-hybridized carbons (Fsp3) is 0.500. The van der Waals surface area contributed by atoms with Gasteiger partial charge in [0.15, 0.2) is 11.7 Å². The van der Waals surface area contributed by atoms with E-state index in [2.05, 4.69) is 54.7 Å². The molecule has 30 heavy (non-hydrogen) atoms. The van der Waals surface area contributed by atoms with E-state index in [1.807, 2.05) is 6.07 Å². The van der Waals surface area contributed by atoms with Crippen molar-refractivity contribution in [2.45, 2.75) is 19.3 Å². The molecule has 1 aliphatic rings. The number of hydrogen-bond acceptors (Lipinski definition) is 5. The van der Waals surface area contributed by atoms with Gasteiger partial charge in [0.05, 0.1) is 6.54 Å². The first-order chi connectivity index (χ1) is 14.4. The zero-order valence-electron chi connectivity index (χ0n) is 17.0. The van der Waals surface area contributed by atoms with Crippen molar-refractivity contribution in [2.75, 3.05) is 46.3 Å². The number of rotatable bonds is 7. The van der Waals surface area contributed by atoms with Gasteiger partial charge in [-0.05, 0) is 5.56 Å². The van der Waals surface area contributed by atoms with Crippen molar-refractivity contribution in [2.24, 2.45) is 4.99 Å². The van der Waals surface area contributed by atoms with Crippen LogP contribution in [0.25, 0.3) is 0 Å². The molecule has 0 amide bonds. The van der Waals surface area contributed by atoms with Crippen LogP contribution >= 0.6 is 11.3 Å². The third kappa shape index (κ3) is 6.96. The van der Waals surface area contributed by atoms with Crippen LogP contribution in [-0.4, -0.2) is 67.1 Å². The van der Waals surface area contributed by atoms with Gasteiger partial charge in [-0.3, -0.25) is 14.8 Å². The Balaban J connectivity index is 1.33. The molecule has 1 aliphatic heterocycles. The number of benzene rings is 1. The first kappa shape index (κ1) is 22.5. The Hall–Kier alpha value is -2.17. The minimum Gasteiger partial charge on any atom is -0.355 e. The van der Waals surface area contributed by atoms with E-state index in [9.17, 15) is 13.2 Å². The third-order valence-corrected chi connectivity index (χ3v) is 5.76. The molecular weight excluding hydrogens is 413 g/mol. The maximum absolute atomic E-state index is 12.6. The van der Waals surface area contributed by atoms with E-state index in [0.717, 1.165) is 56.0 Å². The number of aromatic nitrogens is 1. The fourth-order valence-electron chi connectivity index (χ4n) is 3.25. The molecule has 164 valence electrons. The summed E-state index contributed by atoms with van der Waals surface area (Å²) in [4.78, 5) is 12.6. The molecule has 0 aliphatic carbocycles. The highest BCUT2D eigenvalue weighted by Crippen LogP contribution is 2.29. The molecule has 0 saturated carbocycles. The average Bonchev–Trinajstić information content (AvgIpc) is 3.22. The first-order valence-corrected chi connectivity index (χ1v) is 10.8. The summed E-state index contributed by atoms with van der Waals surface area (Å²) >= 11 is 0.987. The van der Waals surface area contributed by atoms with Crippen LogP contribution in [0.15, 0.2) is 40.7 Å². The second-order valence-electron chi connectivity index (χ2n) is 7.08. The quantitative estimate of drug-likeness (QED) is 0.512. The molecule has 6 nitrogen and oxygen atoms in total. The highest BCUT2D eigenvalue weighted by Gasteiger charge is 2.33. The van der Waals surface area contributed by atoms with Gasteiger partial charge in [-0.2, -0.15) is 13.2 Å². The Bertz CT molecular complexity index is 800. The number of thiazole rings is 1. The lowest BCUT2D eigenvalue weighted by molar-refractivity contribution is -0.140. The van der Waals surface area contributed by atoms with Gasteiger partial charge in [-0.25, -0.2) is 4.98 Å². The van der Waals surface area contributed by atoms with E-state index in [0.29, 0.717) is 17.5 Å². The molecule has 2 aromatic rings. The van der Waals surface area contributed by atoms with E-state index in [-0.39, 0.29) is 6.54 Å². The molecule has 0 unspecified atom stereocenters. The number of nitrogens with zero attached hydrogens (tertiary/aromatic N) is 4. The summed E-state index contributed by atoms with van der Waals surface area (Å²) in [6, 6.07) is 10.5. The second-order valence-corrected chi connectivity index (χ2v) is 8.02. The number of piperazine rings is 1. The highest BCUT2D eigenvalue weighted by atomic mass is 32.1. The zero-order chi connectivity index (χ0) is 21.4. The molecule has 2 N–H and O–H groups in total. The van der Waals surface area contributed by atoms with Gasteiger partial charge < -0.3 is 10.6 Å². The molecule has 0 radical (unpaired) electrons. The van der Waals surface area contributed by atoms with Gasteiger partial charge in [0.2, 0.25) is 0 Å². The Morgan fingerprint density at radius 3 is 2.43 bits per heavy atom. The summed E-state index contributed by atoms with van der Waals surface area (Å²) in [6.07, 6.45) is -4.40. The van der Waals surface area contributed by atoms with Crippen LogP contribution in [0.2, 0.25) is 0 Å². The SMILES string of the molecule is CN=C(NCCN1CCN(Cc2ccccc2)CC1)NCc1nc(C(F)(F)F)cs1.